The van der Waals surface area contributed by atoms with Crippen molar-refractivity contribution in [3.05, 3.63) is 60.2 Å². The van der Waals surface area contributed by atoms with Crippen LogP contribution in [-0.2, 0) is 24.3 Å². The average Bonchev–Trinajstić information content (AvgIpc) is 3.46. The van der Waals surface area contributed by atoms with Gasteiger partial charge in [-0.05, 0) is 18.9 Å². The van der Waals surface area contributed by atoms with Gasteiger partial charge in [0.15, 0.2) is 0 Å². The number of hydrogen-bond donors (Lipinski definition) is 0. The van der Waals surface area contributed by atoms with Crippen LogP contribution in [0.1, 0.15) is 29.0 Å². The first-order valence-corrected chi connectivity index (χ1v) is 10.7. The third-order valence-corrected chi connectivity index (χ3v) is 6.30. The van der Waals surface area contributed by atoms with Gasteiger partial charge in [-0.15, -0.1) is 0 Å². The Morgan fingerprint density at radius 2 is 1.87 bits per heavy atom. The summed E-state index contributed by atoms with van der Waals surface area (Å²) < 4.78 is 3.84. The fourth-order valence-corrected chi connectivity index (χ4v) is 4.88. The van der Waals surface area contributed by atoms with E-state index in [9.17, 15) is 9.59 Å². The molecule has 0 unspecified atom stereocenters. The van der Waals surface area contributed by atoms with Crippen LogP contribution in [0, 0.1) is 0 Å². The number of nitrogens with zero attached hydrogens (tertiary/aromatic N) is 6. The molecule has 1 fully saturated rings. The summed E-state index contributed by atoms with van der Waals surface area (Å²) in [5.41, 5.74) is 2.41. The minimum atomic E-state index is -0.0990. The quantitative estimate of drug-likeness (QED) is 0.650. The summed E-state index contributed by atoms with van der Waals surface area (Å²) >= 11 is 0. The van der Waals surface area contributed by atoms with E-state index < -0.39 is 0 Å². The van der Waals surface area contributed by atoms with Gasteiger partial charge in [0.05, 0.1) is 11.7 Å². The molecular formula is C23H26N6O2. The van der Waals surface area contributed by atoms with E-state index in [4.69, 9.17) is 4.98 Å². The Hall–Kier alpha value is -3.42. The Bertz CT molecular complexity index is 1100. The van der Waals surface area contributed by atoms with Crippen molar-refractivity contribution in [2.45, 2.75) is 44.4 Å². The van der Waals surface area contributed by atoms with Crippen LogP contribution >= 0.6 is 0 Å². The van der Waals surface area contributed by atoms with Crippen molar-refractivity contribution in [1.82, 2.24) is 29.1 Å². The zero-order valence-electron chi connectivity index (χ0n) is 17.8. The first-order chi connectivity index (χ1) is 15.0. The molecule has 8 heteroatoms. The lowest BCUT2D eigenvalue weighted by Gasteiger charge is -2.28. The van der Waals surface area contributed by atoms with Crippen molar-refractivity contribution in [3.8, 4) is 11.4 Å². The number of hydrogen-bond acceptors (Lipinski definition) is 4. The van der Waals surface area contributed by atoms with Crippen molar-refractivity contribution < 1.29 is 9.59 Å². The molecule has 0 saturated carbocycles. The van der Waals surface area contributed by atoms with Crippen LogP contribution in [0.5, 0.6) is 0 Å². The van der Waals surface area contributed by atoms with Crippen molar-refractivity contribution in [1.29, 1.82) is 0 Å². The molecule has 5 rings (SSSR count). The monoisotopic (exact) mass is 418 g/mol. The van der Waals surface area contributed by atoms with Gasteiger partial charge in [-0.25, -0.2) is 4.98 Å². The van der Waals surface area contributed by atoms with Crippen LogP contribution in [0.4, 0.5) is 0 Å². The molecule has 2 atom stereocenters. The summed E-state index contributed by atoms with van der Waals surface area (Å²) in [6, 6.07) is 12.0. The maximum Gasteiger partial charge on any atom is 0.273 e. The van der Waals surface area contributed by atoms with Crippen molar-refractivity contribution in [2.24, 2.45) is 0 Å². The molecule has 3 aromatic rings. The molecule has 2 bridgehead atoms. The Morgan fingerprint density at radius 3 is 2.58 bits per heavy atom. The minimum absolute atomic E-state index is 0.0725. The van der Waals surface area contributed by atoms with Crippen molar-refractivity contribution >= 4 is 11.8 Å². The maximum absolute atomic E-state index is 13.2. The van der Waals surface area contributed by atoms with Gasteiger partial charge < -0.3 is 14.4 Å². The van der Waals surface area contributed by atoms with Gasteiger partial charge in [-0.2, -0.15) is 5.10 Å². The van der Waals surface area contributed by atoms with Crippen LogP contribution in [0.2, 0.25) is 0 Å². The van der Waals surface area contributed by atoms with Crippen molar-refractivity contribution in [2.75, 3.05) is 14.1 Å². The summed E-state index contributed by atoms with van der Waals surface area (Å²) in [5, 5.41) is 4.19. The van der Waals surface area contributed by atoms with Gasteiger partial charge in [-0.3, -0.25) is 14.3 Å². The predicted molar refractivity (Wildman–Crippen MR) is 115 cm³/mol. The number of amides is 2. The molecule has 2 aliphatic heterocycles. The Labute approximate surface area is 181 Å². The molecule has 2 aliphatic rings. The summed E-state index contributed by atoms with van der Waals surface area (Å²) in [6.45, 7) is 0.886. The molecule has 0 radical (unpaired) electrons. The number of aromatic nitrogens is 4. The van der Waals surface area contributed by atoms with Crippen LogP contribution in [0.15, 0.2) is 48.8 Å². The highest BCUT2D eigenvalue weighted by Gasteiger charge is 2.42. The summed E-state index contributed by atoms with van der Waals surface area (Å²) in [4.78, 5) is 34.6. The predicted octanol–water partition coefficient (Wildman–Crippen LogP) is 2.06. The number of carbonyl (C=O) groups is 2. The average molecular weight is 419 g/mol. The molecular weight excluding hydrogens is 392 g/mol. The lowest BCUT2D eigenvalue weighted by molar-refractivity contribution is -0.134. The van der Waals surface area contributed by atoms with Crippen LogP contribution < -0.4 is 0 Å². The van der Waals surface area contributed by atoms with Crippen LogP contribution in [-0.4, -0.2) is 67.1 Å². The van der Waals surface area contributed by atoms with Gasteiger partial charge in [-0.1, -0.05) is 30.3 Å². The largest absolute Gasteiger partial charge is 0.343 e. The first-order valence-electron chi connectivity index (χ1n) is 10.7. The van der Waals surface area contributed by atoms with Gasteiger partial charge in [0, 0.05) is 51.1 Å². The van der Waals surface area contributed by atoms with Crippen LogP contribution in [0.25, 0.3) is 11.4 Å². The second kappa shape index (κ2) is 7.68. The third-order valence-electron chi connectivity index (χ3n) is 6.30. The maximum atomic E-state index is 13.2. The van der Waals surface area contributed by atoms with Gasteiger partial charge in [0.2, 0.25) is 5.91 Å². The molecule has 31 heavy (non-hydrogen) atoms. The van der Waals surface area contributed by atoms with Crippen LogP contribution in [0.3, 0.4) is 0 Å². The van der Waals surface area contributed by atoms with Crippen molar-refractivity contribution in [3.63, 3.8) is 0 Å². The molecule has 2 aromatic heterocycles. The highest BCUT2D eigenvalue weighted by Crippen LogP contribution is 2.36. The number of imidazole rings is 1. The molecule has 4 heterocycles. The molecule has 0 aliphatic carbocycles. The standard InChI is InChI=1S/C23H26N6O2/c1-26(2)23(31)21-19-13-17-9-10-18(29(17)20(30)15-27-12-6-11-24-27)14-28(19)22(25-21)16-7-4-3-5-8-16/h3-8,11-12,17-18H,9-10,13-15H2,1-2H3/t17-,18+/m0/s1. The van der Waals surface area contributed by atoms with E-state index in [1.54, 1.807) is 29.9 Å². The molecule has 160 valence electrons. The summed E-state index contributed by atoms with van der Waals surface area (Å²) in [7, 11) is 3.50. The Balaban J connectivity index is 1.54. The lowest BCUT2D eigenvalue weighted by Crippen LogP contribution is -2.43. The van der Waals surface area contributed by atoms with E-state index in [0.29, 0.717) is 18.7 Å². The van der Waals surface area contributed by atoms with E-state index in [1.807, 2.05) is 47.5 Å². The Kier molecular flexibility index (Phi) is 4.84. The van der Waals surface area contributed by atoms with Gasteiger partial charge in [0.1, 0.15) is 18.1 Å². The summed E-state index contributed by atoms with van der Waals surface area (Å²) in [5.74, 6) is 0.780. The van der Waals surface area contributed by atoms with Gasteiger partial charge in [0.25, 0.3) is 5.91 Å². The second-order valence-electron chi connectivity index (χ2n) is 8.50. The zero-order chi connectivity index (χ0) is 21.5. The molecule has 8 nitrogen and oxygen atoms in total. The smallest absolute Gasteiger partial charge is 0.273 e. The van der Waals surface area contributed by atoms with Gasteiger partial charge >= 0.3 is 0 Å². The van der Waals surface area contributed by atoms with E-state index in [1.165, 1.54) is 0 Å². The Morgan fingerprint density at radius 1 is 1.10 bits per heavy atom. The molecule has 1 saturated heterocycles. The number of carbonyl (C=O) groups excluding carboxylic acids is 2. The fraction of sp³-hybridized carbons (Fsp3) is 0.391. The lowest BCUT2D eigenvalue weighted by atomic mass is 10.0. The van der Waals surface area contributed by atoms with E-state index >= 15 is 0 Å². The summed E-state index contributed by atoms with van der Waals surface area (Å²) in [6.07, 6.45) is 6.03. The third kappa shape index (κ3) is 3.41. The normalized spacial score (nSPS) is 19.7. The number of benzene rings is 1. The highest BCUT2D eigenvalue weighted by atomic mass is 16.2. The van der Waals surface area contributed by atoms with E-state index in [-0.39, 0.29) is 30.4 Å². The second-order valence-corrected chi connectivity index (χ2v) is 8.50. The zero-order valence-corrected chi connectivity index (χ0v) is 17.8. The minimum Gasteiger partial charge on any atom is -0.343 e. The molecule has 1 aromatic carbocycles. The highest BCUT2D eigenvalue weighted by molar-refractivity contribution is 5.94. The van der Waals surface area contributed by atoms with E-state index in [0.717, 1.165) is 29.9 Å². The SMILES string of the molecule is CN(C)C(=O)c1nc(-c2ccccc2)n2c1C[C@@H]1CC[C@H](C2)N1C(=O)Cn1cccn1. The number of rotatable bonds is 4. The molecule has 0 spiro atoms. The molecule has 2 amide bonds. The topological polar surface area (TPSA) is 76.3 Å². The fourth-order valence-electron chi connectivity index (χ4n) is 4.88. The number of fused-ring (bicyclic) bond motifs is 3. The van der Waals surface area contributed by atoms with E-state index in [2.05, 4.69) is 9.67 Å². The first kappa shape index (κ1) is 19.5. The molecule has 0 N–H and O–H groups in total.